The van der Waals surface area contributed by atoms with Crippen molar-refractivity contribution < 1.29 is 24.1 Å². The van der Waals surface area contributed by atoms with Gasteiger partial charge in [-0.05, 0) is 43.0 Å². The van der Waals surface area contributed by atoms with Gasteiger partial charge >= 0.3 is 0 Å². The number of nitrogens with zero attached hydrogens (tertiary/aromatic N) is 1. The van der Waals surface area contributed by atoms with Gasteiger partial charge in [0.15, 0.2) is 11.5 Å². The molecule has 1 aliphatic heterocycles. The molecule has 2 aliphatic rings. The Balaban J connectivity index is 1.43. The SMILES string of the molecule is COc1cc2c(c(OC)c1OC)CC(N1CCC(NC(=O)c3ccccc3)CC1)C2O. The number of aliphatic hydroxyl groups excluding tert-OH is 1. The van der Waals surface area contributed by atoms with Crippen molar-refractivity contribution in [2.75, 3.05) is 34.4 Å². The Hall–Kier alpha value is -2.77. The molecule has 4 rings (SSSR count). The lowest BCUT2D eigenvalue weighted by Crippen LogP contribution is -2.49. The van der Waals surface area contributed by atoms with E-state index in [1.54, 1.807) is 21.3 Å². The number of fused-ring (bicyclic) bond motifs is 1. The van der Waals surface area contributed by atoms with Gasteiger partial charge in [0.05, 0.1) is 27.4 Å². The lowest BCUT2D eigenvalue weighted by molar-refractivity contribution is 0.0426. The van der Waals surface area contributed by atoms with Gasteiger partial charge < -0.3 is 24.6 Å². The number of rotatable bonds is 6. The van der Waals surface area contributed by atoms with Gasteiger partial charge in [-0.1, -0.05) is 18.2 Å². The average molecular weight is 427 g/mol. The molecule has 0 spiro atoms. The molecular formula is C24H30N2O5. The molecule has 2 aromatic carbocycles. The molecular weight excluding hydrogens is 396 g/mol. The minimum Gasteiger partial charge on any atom is -0.493 e. The van der Waals surface area contributed by atoms with Crippen LogP contribution in [0.5, 0.6) is 17.2 Å². The number of carbonyl (C=O) groups is 1. The summed E-state index contributed by atoms with van der Waals surface area (Å²) in [6.07, 6.45) is 1.75. The standard InChI is InChI=1S/C24H30N2O5/c1-29-20-14-17-18(22(30-2)23(20)31-3)13-19(21(17)27)26-11-9-16(10-12-26)25-24(28)15-7-5-4-6-8-15/h4-8,14,16,19,21,27H,9-13H2,1-3H3,(H,25,28). The van der Waals surface area contributed by atoms with E-state index in [4.69, 9.17) is 14.2 Å². The highest BCUT2D eigenvalue weighted by Gasteiger charge is 2.40. The number of hydrogen-bond donors (Lipinski definition) is 2. The maximum absolute atomic E-state index is 12.4. The van der Waals surface area contributed by atoms with Crippen LogP contribution in [0.25, 0.3) is 0 Å². The minimum atomic E-state index is -0.626. The third-order valence-electron chi connectivity index (χ3n) is 6.43. The van der Waals surface area contributed by atoms with E-state index in [-0.39, 0.29) is 18.0 Å². The smallest absolute Gasteiger partial charge is 0.251 e. The summed E-state index contributed by atoms with van der Waals surface area (Å²) in [6, 6.07) is 11.3. The van der Waals surface area contributed by atoms with Gasteiger partial charge in [-0.15, -0.1) is 0 Å². The first-order valence-corrected chi connectivity index (χ1v) is 10.7. The van der Waals surface area contributed by atoms with E-state index < -0.39 is 6.10 Å². The van der Waals surface area contributed by atoms with Gasteiger partial charge in [0.1, 0.15) is 0 Å². The molecule has 1 fully saturated rings. The predicted molar refractivity (Wildman–Crippen MR) is 117 cm³/mol. The second-order valence-corrected chi connectivity index (χ2v) is 8.08. The maximum atomic E-state index is 12.4. The Morgan fingerprint density at radius 1 is 1.03 bits per heavy atom. The van der Waals surface area contributed by atoms with Crippen LogP contribution in [0, 0.1) is 0 Å². The van der Waals surface area contributed by atoms with Crippen LogP contribution in [0.4, 0.5) is 0 Å². The predicted octanol–water partition coefficient (Wildman–Crippen LogP) is 2.56. The molecule has 31 heavy (non-hydrogen) atoms. The van der Waals surface area contributed by atoms with Crippen LogP contribution >= 0.6 is 0 Å². The van der Waals surface area contributed by atoms with Crippen molar-refractivity contribution in [3.8, 4) is 17.2 Å². The van der Waals surface area contributed by atoms with Crippen molar-refractivity contribution in [3.05, 3.63) is 53.1 Å². The molecule has 1 aliphatic carbocycles. The lowest BCUT2D eigenvalue weighted by Gasteiger charge is -2.37. The number of amides is 1. The summed E-state index contributed by atoms with van der Waals surface area (Å²) in [7, 11) is 4.78. The Bertz CT molecular complexity index is 925. The molecule has 166 valence electrons. The van der Waals surface area contributed by atoms with Gasteiger partial charge in [0, 0.05) is 36.3 Å². The third-order valence-corrected chi connectivity index (χ3v) is 6.43. The molecule has 7 heteroatoms. The Morgan fingerprint density at radius 3 is 2.32 bits per heavy atom. The lowest BCUT2D eigenvalue weighted by atomic mass is 10.0. The number of hydrogen-bond acceptors (Lipinski definition) is 6. The molecule has 0 saturated carbocycles. The van der Waals surface area contributed by atoms with Crippen LogP contribution in [0.1, 0.15) is 40.4 Å². The summed E-state index contributed by atoms with van der Waals surface area (Å²) < 4.78 is 16.6. The molecule has 2 N–H and O–H groups in total. The quantitative estimate of drug-likeness (QED) is 0.739. The molecule has 0 aromatic heterocycles. The van der Waals surface area contributed by atoms with Crippen LogP contribution < -0.4 is 19.5 Å². The topological polar surface area (TPSA) is 80.3 Å². The molecule has 1 heterocycles. The Kier molecular flexibility index (Phi) is 6.34. The first-order valence-electron chi connectivity index (χ1n) is 10.7. The first-order chi connectivity index (χ1) is 15.1. The summed E-state index contributed by atoms with van der Waals surface area (Å²) in [5.41, 5.74) is 2.48. The fourth-order valence-corrected chi connectivity index (χ4v) is 4.80. The molecule has 2 unspecified atom stereocenters. The number of aliphatic hydroxyl groups is 1. The number of likely N-dealkylation sites (tertiary alicyclic amines) is 1. The second-order valence-electron chi connectivity index (χ2n) is 8.08. The van der Waals surface area contributed by atoms with Gasteiger partial charge in [-0.3, -0.25) is 9.69 Å². The second kappa shape index (κ2) is 9.16. The monoisotopic (exact) mass is 426 g/mol. The molecule has 2 atom stereocenters. The maximum Gasteiger partial charge on any atom is 0.251 e. The fourth-order valence-electron chi connectivity index (χ4n) is 4.80. The van der Waals surface area contributed by atoms with Gasteiger partial charge in [-0.25, -0.2) is 0 Å². The molecule has 0 bridgehead atoms. The van der Waals surface area contributed by atoms with E-state index in [9.17, 15) is 9.90 Å². The van der Waals surface area contributed by atoms with E-state index in [2.05, 4.69) is 10.2 Å². The first kappa shape index (κ1) is 21.5. The van der Waals surface area contributed by atoms with Crippen molar-refractivity contribution in [1.82, 2.24) is 10.2 Å². The summed E-state index contributed by atoms with van der Waals surface area (Å²) in [6.45, 7) is 1.62. The van der Waals surface area contributed by atoms with Crippen molar-refractivity contribution >= 4 is 5.91 Å². The van der Waals surface area contributed by atoms with Crippen molar-refractivity contribution in [2.24, 2.45) is 0 Å². The number of piperidine rings is 1. The number of carbonyl (C=O) groups excluding carboxylic acids is 1. The number of ether oxygens (including phenoxy) is 3. The molecule has 7 nitrogen and oxygen atoms in total. The van der Waals surface area contributed by atoms with Crippen molar-refractivity contribution in [1.29, 1.82) is 0 Å². The molecule has 1 amide bonds. The number of nitrogens with one attached hydrogen (secondary N) is 1. The highest BCUT2D eigenvalue weighted by atomic mass is 16.5. The highest BCUT2D eigenvalue weighted by Crippen LogP contribution is 2.49. The van der Waals surface area contributed by atoms with Gasteiger partial charge in [0.2, 0.25) is 5.75 Å². The van der Waals surface area contributed by atoms with Crippen LogP contribution in [0.3, 0.4) is 0 Å². The zero-order chi connectivity index (χ0) is 22.0. The summed E-state index contributed by atoms with van der Waals surface area (Å²) in [5, 5.41) is 14.2. The van der Waals surface area contributed by atoms with E-state index in [1.165, 1.54) is 0 Å². The summed E-state index contributed by atoms with van der Waals surface area (Å²) >= 11 is 0. The van der Waals surface area contributed by atoms with E-state index in [1.807, 2.05) is 36.4 Å². The van der Waals surface area contributed by atoms with E-state index >= 15 is 0 Å². The average Bonchev–Trinajstić information content (AvgIpc) is 3.14. The Labute approximate surface area is 182 Å². The fraction of sp³-hybridized carbons (Fsp3) is 0.458. The van der Waals surface area contributed by atoms with E-state index in [0.717, 1.165) is 37.1 Å². The van der Waals surface area contributed by atoms with E-state index in [0.29, 0.717) is 29.2 Å². The summed E-state index contributed by atoms with van der Waals surface area (Å²) in [5.74, 6) is 1.71. The van der Waals surface area contributed by atoms with Gasteiger partial charge in [0.25, 0.3) is 5.91 Å². The van der Waals surface area contributed by atoms with Gasteiger partial charge in [-0.2, -0.15) is 0 Å². The van der Waals surface area contributed by atoms with Crippen LogP contribution in [-0.2, 0) is 6.42 Å². The third kappa shape index (κ3) is 4.07. The largest absolute Gasteiger partial charge is 0.493 e. The molecule has 2 aromatic rings. The Morgan fingerprint density at radius 2 is 1.71 bits per heavy atom. The zero-order valence-electron chi connectivity index (χ0n) is 18.3. The normalized spacial score (nSPS) is 21.4. The zero-order valence-corrected chi connectivity index (χ0v) is 18.3. The van der Waals surface area contributed by atoms with Crippen molar-refractivity contribution in [2.45, 2.75) is 37.5 Å². The van der Waals surface area contributed by atoms with Crippen LogP contribution in [-0.4, -0.2) is 62.4 Å². The van der Waals surface area contributed by atoms with Crippen LogP contribution in [0.2, 0.25) is 0 Å². The minimum absolute atomic E-state index is 0.0312. The molecule has 1 saturated heterocycles. The highest BCUT2D eigenvalue weighted by molar-refractivity contribution is 5.94. The molecule has 0 radical (unpaired) electrons. The van der Waals surface area contributed by atoms with Crippen molar-refractivity contribution in [3.63, 3.8) is 0 Å². The number of methoxy groups -OCH3 is 3. The number of benzene rings is 2. The summed E-state index contributed by atoms with van der Waals surface area (Å²) in [4.78, 5) is 14.8. The van der Waals surface area contributed by atoms with Crippen LogP contribution in [0.15, 0.2) is 36.4 Å².